The second-order valence-corrected chi connectivity index (χ2v) is 6.06. The van der Waals surface area contributed by atoms with E-state index in [1.54, 1.807) is 0 Å². The van der Waals surface area contributed by atoms with Gasteiger partial charge < -0.3 is 0 Å². The van der Waals surface area contributed by atoms with E-state index in [1.165, 1.54) is 77.3 Å². The Morgan fingerprint density at radius 2 is 1.05 bits per heavy atom. The van der Waals surface area contributed by atoms with Gasteiger partial charge in [-0.25, -0.2) is 0 Å². The van der Waals surface area contributed by atoms with Crippen LogP contribution in [0.4, 0.5) is 0 Å². The second-order valence-electron chi connectivity index (χ2n) is 6.06. The Hall–Kier alpha value is -0.560. The van der Waals surface area contributed by atoms with E-state index in [4.69, 9.17) is 0 Å². The van der Waals surface area contributed by atoms with E-state index in [9.17, 15) is 0 Å². The maximum atomic E-state index is 2.39. The van der Waals surface area contributed by atoms with Crippen molar-refractivity contribution in [1.29, 1.82) is 0 Å². The third-order valence-electron chi connectivity index (χ3n) is 4.23. The Kier molecular flexibility index (Phi) is 8.90. The molecule has 0 N–H and O–H groups in total. The predicted octanol–water partition coefficient (Wildman–Crippen LogP) is 5.79. The third kappa shape index (κ3) is 6.96. The van der Waals surface area contributed by atoms with Gasteiger partial charge in [0.1, 0.15) is 12.4 Å². The monoisotopic (exact) mass is 264 g/mol. The lowest BCUT2D eigenvalue weighted by Crippen LogP contribution is -2.37. The molecule has 1 aliphatic rings. The number of unbranched alkanes of at least 4 members (excludes halogenated alkanes) is 8. The van der Waals surface area contributed by atoms with Crippen LogP contribution in [0, 0.1) is 0 Å². The van der Waals surface area contributed by atoms with Gasteiger partial charge in [-0.2, -0.15) is 0 Å². The largest absolute Gasteiger partial charge is 0.271 e. The van der Waals surface area contributed by atoms with Gasteiger partial charge in [0.05, 0.1) is 13.1 Å². The topological polar surface area (TPSA) is 0 Å². The molecular weight excluding hydrogens is 230 g/mol. The van der Waals surface area contributed by atoms with Crippen LogP contribution in [0.15, 0.2) is 24.6 Å². The lowest BCUT2D eigenvalue weighted by atomic mass is 10.1. The molecule has 0 fully saturated rings. The minimum absolute atomic E-state index is 1.11. The zero-order valence-electron chi connectivity index (χ0n) is 13.2. The summed E-state index contributed by atoms with van der Waals surface area (Å²) in [6.07, 6.45) is 23.2. The molecule has 1 nitrogen and oxygen atoms in total. The molecule has 0 aliphatic carbocycles. The molecule has 0 atom stereocenters. The quantitative estimate of drug-likeness (QED) is 0.309. The van der Waals surface area contributed by atoms with Crippen LogP contribution in [0.2, 0.25) is 0 Å². The molecular formula is C18H34N+. The highest BCUT2D eigenvalue weighted by atomic mass is 15.3. The molecule has 1 heterocycles. The molecule has 0 aromatic heterocycles. The summed E-state index contributed by atoms with van der Waals surface area (Å²) in [7, 11) is 0. The standard InChI is InChI=1S/C18H34N/c1-3-5-7-8-9-10-11-12-16-19(15-6-4-2)17-13-14-18-19/h13-14,17-18H,3-12,15-16H2,1-2H3/q+1. The molecule has 0 unspecified atom stereocenters. The maximum absolute atomic E-state index is 2.39. The first-order valence-corrected chi connectivity index (χ1v) is 8.56. The predicted molar refractivity (Wildman–Crippen MR) is 85.8 cm³/mol. The number of nitrogens with zero attached hydrogens (tertiary/aromatic N) is 1. The molecule has 1 aliphatic heterocycles. The lowest BCUT2D eigenvalue weighted by molar-refractivity contribution is -0.826. The van der Waals surface area contributed by atoms with E-state index in [1.807, 2.05) is 0 Å². The number of hydrogen-bond acceptors (Lipinski definition) is 0. The highest BCUT2D eigenvalue weighted by molar-refractivity contribution is 5.03. The molecule has 0 amide bonds. The van der Waals surface area contributed by atoms with Crippen LogP contribution < -0.4 is 0 Å². The number of quaternary nitrogens is 1. The van der Waals surface area contributed by atoms with Gasteiger partial charge >= 0.3 is 0 Å². The lowest BCUT2D eigenvalue weighted by Gasteiger charge is -2.29. The highest BCUT2D eigenvalue weighted by Crippen LogP contribution is 2.20. The third-order valence-corrected chi connectivity index (χ3v) is 4.23. The Bertz CT molecular complexity index is 253. The summed E-state index contributed by atoms with van der Waals surface area (Å²) >= 11 is 0. The van der Waals surface area contributed by atoms with Crippen LogP contribution in [-0.4, -0.2) is 17.6 Å². The molecule has 19 heavy (non-hydrogen) atoms. The van der Waals surface area contributed by atoms with Crippen LogP contribution in [0.25, 0.3) is 0 Å². The van der Waals surface area contributed by atoms with Crippen molar-refractivity contribution in [1.82, 2.24) is 0 Å². The summed E-state index contributed by atoms with van der Waals surface area (Å²) < 4.78 is 1.11. The van der Waals surface area contributed by atoms with E-state index in [2.05, 4.69) is 38.4 Å². The summed E-state index contributed by atoms with van der Waals surface area (Å²) in [5.74, 6) is 0. The zero-order valence-corrected chi connectivity index (χ0v) is 13.2. The van der Waals surface area contributed by atoms with E-state index < -0.39 is 0 Å². The molecule has 0 aromatic rings. The van der Waals surface area contributed by atoms with Gasteiger partial charge in [-0.15, -0.1) is 0 Å². The van der Waals surface area contributed by atoms with Crippen LogP contribution >= 0.6 is 0 Å². The number of allylic oxidation sites excluding steroid dienone is 2. The number of rotatable bonds is 12. The van der Waals surface area contributed by atoms with E-state index in [0.29, 0.717) is 0 Å². The summed E-state index contributed by atoms with van der Waals surface area (Å²) in [4.78, 5) is 0. The van der Waals surface area contributed by atoms with Crippen molar-refractivity contribution in [2.24, 2.45) is 0 Å². The summed E-state index contributed by atoms with van der Waals surface area (Å²) in [6.45, 7) is 7.18. The summed E-state index contributed by atoms with van der Waals surface area (Å²) in [5.41, 5.74) is 0. The van der Waals surface area contributed by atoms with Crippen LogP contribution in [0.5, 0.6) is 0 Å². The summed E-state index contributed by atoms with van der Waals surface area (Å²) in [6, 6.07) is 0. The molecule has 1 heteroatoms. The average Bonchev–Trinajstić information content (AvgIpc) is 2.89. The molecule has 0 radical (unpaired) electrons. The Balaban J connectivity index is 2.06. The van der Waals surface area contributed by atoms with Crippen LogP contribution in [-0.2, 0) is 0 Å². The fourth-order valence-electron chi connectivity index (χ4n) is 2.89. The van der Waals surface area contributed by atoms with Gasteiger partial charge in [0.25, 0.3) is 0 Å². The minimum atomic E-state index is 1.11. The molecule has 0 aromatic carbocycles. The summed E-state index contributed by atoms with van der Waals surface area (Å²) in [5, 5.41) is 0. The fourth-order valence-corrected chi connectivity index (χ4v) is 2.89. The average molecular weight is 264 g/mol. The van der Waals surface area contributed by atoms with E-state index in [-0.39, 0.29) is 0 Å². The maximum Gasteiger partial charge on any atom is 0.101 e. The smallest absolute Gasteiger partial charge is 0.101 e. The van der Waals surface area contributed by atoms with E-state index >= 15 is 0 Å². The van der Waals surface area contributed by atoms with Crippen LogP contribution in [0.1, 0.15) is 78.1 Å². The molecule has 0 spiro atoms. The highest BCUT2D eigenvalue weighted by Gasteiger charge is 2.22. The van der Waals surface area contributed by atoms with Gasteiger partial charge in [-0.1, -0.05) is 58.8 Å². The second kappa shape index (κ2) is 10.3. The Morgan fingerprint density at radius 1 is 0.579 bits per heavy atom. The van der Waals surface area contributed by atoms with Crippen molar-refractivity contribution in [3.05, 3.63) is 24.6 Å². The van der Waals surface area contributed by atoms with Gasteiger partial charge in [0, 0.05) is 0 Å². The van der Waals surface area contributed by atoms with Crippen molar-refractivity contribution in [3.8, 4) is 0 Å². The Morgan fingerprint density at radius 3 is 1.63 bits per heavy atom. The van der Waals surface area contributed by atoms with Crippen LogP contribution in [0.3, 0.4) is 0 Å². The van der Waals surface area contributed by atoms with Gasteiger partial charge in [0.15, 0.2) is 0 Å². The molecule has 110 valence electrons. The first-order valence-electron chi connectivity index (χ1n) is 8.56. The zero-order chi connectivity index (χ0) is 13.8. The number of hydrogen-bond donors (Lipinski definition) is 0. The van der Waals surface area contributed by atoms with Crippen molar-refractivity contribution < 1.29 is 4.48 Å². The van der Waals surface area contributed by atoms with Gasteiger partial charge in [0.2, 0.25) is 0 Å². The van der Waals surface area contributed by atoms with E-state index in [0.717, 1.165) is 4.48 Å². The van der Waals surface area contributed by atoms with Gasteiger partial charge in [-0.3, -0.25) is 4.48 Å². The normalized spacial score (nSPS) is 16.3. The molecule has 0 saturated carbocycles. The van der Waals surface area contributed by atoms with Crippen molar-refractivity contribution >= 4 is 0 Å². The Labute approximate surface area is 121 Å². The van der Waals surface area contributed by atoms with Gasteiger partial charge in [-0.05, 0) is 31.4 Å². The van der Waals surface area contributed by atoms with Crippen molar-refractivity contribution in [3.63, 3.8) is 0 Å². The first-order chi connectivity index (χ1) is 9.33. The molecule has 0 bridgehead atoms. The minimum Gasteiger partial charge on any atom is -0.271 e. The fraction of sp³-hybridized carbons (Fsp3) is 0.778. The van der Waals surface area contributed by atoms with Crippen molar-refractivity contribution in [2.75, 3.05) is 13.1 Å². The first kappa shape index (κ1) is 16.5. The van der Waals surface area contributed by atoms with Crippen molar-refractivity contribution in [2.45, 2.75) is 78.1 Å². The molecule has 0 saturated heterocycles. The SMILES string of the molecule is CCCCCCCCCC[N+]1(CCCC)C=CC=C1. The molecule has 1 rings (SSSR count).